The number of thioether (sulfide) groups is 1. The molecule has 1 aromatic heterocycles. The van der Waals surface area contributed by atoms with E-state index in [-0.39, 0.29) is 5.97 Å². The van der Waals surface area contributed by atoms with Gasteiger partial charge >= 0.3 is 5.97 Å². The van der Waals surface area contributed by atoms with Crippen molar-refractivity contribution in [1.29, 1.82) is 0 Å². The van der Waals surface area contributed by atoms with Crippen LogP contribution in [0.25, 0.3) is 0 Å². The molecule has 2 N–H and O–H groups in total. The van der Waals surface area contributed by atoms with Crippen molar-refractivity contribution in [2.24, 2.45) is 5.92 Å². The first kappa shape index (κ1) is 14.8. The summed E-state index contributed by atoms with van der Waals surface area (Å²) in [4.78, 5) is 15.9. The van der Waals surface area contributed by atoms with Gasteiger partial charge < -0.3 is 10.5 Å². The molecule has 1 heterocycles. The van der Waals surface area contributed by atoms with Crippen molar-refractivity contribution in [2.45, 2.75) is 32.2 Å². The van der Waals surface area contributed by atoms with Gasteiger partial charge in [0.05, 0.1) is 17.9 Å². The lowest BCUT2D eigenvalue weighted by atomic mass is 10.2. The number of hydrogen-bond acceptors (Lipinski definition) is 5. The van der Waals surface area contributed by atoms with Crippen LogP contribution in [0.4, 0.5) is 5.69 Å². The standard InChI is InChI=1S/C13H20N2O2S/c1-4-9(3)8-18-12-11(14)10(6-7-15-12)13(16)17-5-2/h6-7,9H,4-5,8,14H2,1-3H3. The Morgan fingerprint density at radius 3 is 2.89 bits per heavy atom. The fourth-order valence-electron chi connectivity index (χ4n) is 1.29. The highest BCUT2D eigenvalue weighted by Gasteiger charge is 2.15. The number of anilines is 1. The molecule has 1 rings (SSSR count). The Kier molecular flexibility index (Phi) is 5.98. The first-order valence-corrected chi connectivity index (χ1v) is 7.13. The summed E-state index contributed by atoms with van der Waals surface area (Å²) in [5.41, 5.74) is 6.78. The van der Waals surface area contributed by atoms with Gasteiger partial charge in [0.2, 0.25) is 0 Å². The van der Waals surface area contributed by atoms with Crippen molar-refractivity contribution < 1.29 is 9.53 Å². The second-order valence-corrected chi connectivity index (χ2v) is 5.13. The number of nitrogen functional groups attached to an aromatic ring is 1. The van der Waals surface area contributed by atoms with Gasteiger partial charge in [-0.15, -0.1) is 11.8 Å². The van der Waals surface area contributed by atoms with E-state index in [1.165, 1.54) is 0 Å². The molecule has 0 aliphatic carbocycles. The smallest absolute Gasteiger partial charge is 0.340 e. The number of aromatic nitrogens is 1. The molecule has 4 nitrogen and oxygen atoms in total. The van der Waals surface area contributed by atoms with E-state index in [4.69, 9.17) is 10.5 Å². The van der Waals surface area contributed by atoms with Gasteiger partial charge in [0.25, 0.3) is 0 Å². The Morgan fingerprint density at radius 2 is 2.28 bits per heavy atom. The highest BCUT2D eigenvalue weighted by Crippen LogP contribution is 2.27. The van der Waals surface area contributed by atoms with Gasteiger partial charge in [-0.05, 0) is 18.9 Å². The average Bonchev–Trinajstić information content (AvgIpc) is 2.37. The maximum absolute atomic E-state index is 11.7. The van der Waals surface area contributed by atoms with E-state index in [0.29, 0.717) is 28.8 Å². The molecule has 1 unspecified atom stereocenters. The topological polar surface area (TPSA) is 65.2 Å². The summed E-state index contributed by atoms with van der Waals surface area (Å²) in [5, 5.41) is 0.709. The third kappa shape index (κ3) is 3.91. The lowest BCUT2D eigenvalue weighted by molar-refractivity contribution is 0.0527. The number of carbonyl (C=O) groups excluding carboxylic acids is 1. The number of hydrogen-bond donors (Lipinski definition) is 1. The first-order chi connectivity index (χ1) is 8.60. The Bertz CT molecular complexity index is 410. The van der Waals surface area contributed by atoms with E-state index in [0.717, 1.165) is 12.2 Å². The monoisotopic (exact) mass is 268 g/mol. The quantitative estimate of drug-likeness (QED) is 0.634. The number of nitrogens with zero attached hydrogens (tertiary/aromatic N) is 1. The minimum Gasteiger partial charge on any atom is -0.462 e. The first-order valence-electron chi connectivity index (χ1n) is 6.14. The molecule has 0 radical (unpaired) electrons. The maximum atomic E-state index is 11.7. The summed E-state index contributed by atoms with van der Waals surface area (Å²) in [6.07, 6.45) is 2.71. The van der Waals surface area contributed by atoms with Crippen LogP contribution in [-0.4, -0.2) is 23.3 Å². The number of carbonyl (C=O) groups is 1. The minimum atomic E-state index is -0.386. The van der Waals surface area contributed by atoms with Crippen LogP contribution in [0.2, 0.25) is 0 Å². The zero-order chi connectivity index (χ0) is 13.5. The highest BCUT2D eigenvalue weighted by atomic mass is 32.2. The van der Waals surface area contributed by atoms with Gasteiger partial charge in [-0.2, -0.15) is 0 Å². The van der Waals surface area contributed by atoms with Crippen molar-refractivity contribution in [3.63, 3.8) is 0 Å². The molecule has 0 fully saturated rings. The van der Waals surface area contributed by atoms with Crippen LogP contribution in [0.5, 0.6) is 0 Å². The third-order valence-corrected chi connectivity index (χ3v) is 3.98. The molecule has 0 spiro atoms. The lowest BCUT2D eigenvalue weighted by Gasteiger charge is -2.11. The zero-order valence-corrected chi connectivity index (χ0v) is 11.9. The fourth-order valence-corrected chi connectivity index (χ4v) is 2.37. The van der Waals surface area contributed by atoms with Gasteiger partial charge in [0.1, 0.15) is 5.03 Å². The van der Waals surface area contributed by atoms with Crippen molar-refractivity contribution in [3.8, 4) is 0 Å². The highest BCUT2D eigenvalue weighted by molar-refractivity contribution is 7.99. The van der Waals surface area contributed by atoms with Crippen LogP contribution in [0.15, 0.2) is 17.3 Å². The number of nitrogens with two attached hydrogens (primary N) is 1. The number of rotatable bonds is 6. The predicted octanol–water partition coefficient (Wildman–Crippen LogP) is 2.98. The molecule has 0 aromatic carbocycles. The molecular weight excluding hydrogens is 248 g/mol. The van der Waals surface area contributed by atoms with Crippen LogP contribution < -0.4 is 5.73 Å². The summed E-state index contributed by atoms with van der Waals surface area (Å²) in [7, 11) is 0. The van der Waals surface area contributed by atoms with E-state index in [2.05, 4.69) is 18.8 Å². The van der Waals surface area contributed by atoms with Crippen LogP contribution in [0, 0.1) is 5.92 Å². The second-order valence-electron chi connectivity index (χ2n) is 4.12. The predicted molar refractivity (Wildman–Crippen MR) is 74.8 cm³/mol. The van der Waals surface area contributed by atoms with Crippen LogP contribution >= 0.6 is 11.8 Å². The normalized spacial score (nSPS) is 12.2. The largest absolute Gasteiger partial charge is 0.462 e. The minimum absolute atomic E-state index is 0.343. The van der Waals surface area contributed by atoms with Crippen molar-refractivity contribution in [3.05, 3.63) is 17.8 Å². The van der Waals surface area contributed by atoms with E-state index in [9.17, 15) is 4.79 Å². The Labute approximate surface area is 112 Å². The van der Waals surface area contributed by atoms with E-state index >= 15 is 0 Å². The van der Waals surface area contributed by atoms with Crippen LogP contribution in [0.3, 0.4) is 0 Å². The molecule has 0 aliphatic rings. The van der Waals surface area contributed by atoms with Crippen molar-refractivity contribution in [1.82, 2.24) is 4.98 Å². The molecule has 0 bridgehead atoms. The number of ether oxygens (including phenoxy) is 1. The maximum Gasteiger partial charge on any atom is 0.340 e. The summed E-state index contributed by atoms with van der Waals surface area (Å²) in [6.45, 7) is 6.44. The molecule has 100 valence electrons. The fraction of sp³-hybridized carbons (Fsp3) is 0.538. The summed E-state index contributed by atoms with van der Waals surface area (Å²) in [6, 6.07) is 1.60. The summed E-state index contributed by atoms with van der Waals surface area (Å²) < 4.78 is 4.95. The molecular formula is C13H20N2O2S. The molecule has 1 aromatic rings. The Balaban J connectivity index is 2.81. The third-order valence-electron chi connectivity index (χ3n) is 2.65. The van der Waals surface area contributed by atoms with Crippen LogP contribution in [-0.2, 0) is 4.74 Å². The number of esters is 1. The Morgan fingerprint density at radius 1 is 1.56 bits per heavy atom. The van der Waals surface area contributed by atoms with Crippen molar-refractivity contribution >= 4 is 23.4 Å². The van der Waals surface area contributed by atoms with Gasteiger partial charge in [0, 0.05) is 11.9 Å². The molecule has 18 heavy (non-hydrogen) atoms. The average molecular weight is 268 g/mol. The SMILES string of the molecule is CCOC(=O)c1ccnc(SCC(C)CC)c1N. The molecule has 0 saturated heterocycles. The zero-order valence-electron chi connectivity index (χ0n) is 11.1. The molecule has 5 heteroatoms. The summed E-state index contributed by atoms with van der Waals surface area (Å²) in [5.74, 6) is 1.16. The van der Waals surface area contributed by atoms with Gasteiger partial charge in [-0.25, -0.2) is 9.78 Å². The van der Waals surface area contributed by atoms with Gasteiger partial charge in [-0.1, -0.05) is 20.3 Å². The summed E-state index contributed by atoms with van der Waals surface area (Å²) >= 11 is 1.59. The molecule has 0 amide bonds. The van der Waals surface area contributed by atoms with E-state index in [1.807, 2.05) is 0 Å². The van der Waals surface area contributed by atoms with Gasteiger partial charge in [-0.3, -0.25) is 0 Å². The molecule has 0 saturated carbocycles. The lowest BCUT2D eigenvalue weighted by Crippen LogP contribution is -2.09. The van der Waals surface area contributed by atoms with E-state index in [1.54, 1.807) is 30.9 Å². The number of pyridine rings is 1. The molecule has 0 aliphatic heterocycles. The Hall–Kier alpha value is -1.23. The van der Waals surface area contributed by atoms with Crippen molar-refractivity contribution in [2.75, 3.05) is 18.1 Å². The van der Waals surface area contributed by atoms with E-state index < -0.39 is 0 Å². The molecule has 1 atom stereocenters. The van der Waals surface area contributed by atoms with Crippen LogP contribution in [0.1, 0.15) is 37.6 Å². The van der Waals surface area contributed by atoms with Gasteiger partial charge in [0.15, 0.2) is 0 Å². The second kappa shape index (κ2) is 7.26.